The van der Waals surface area contributed by atoms with Crippen molar-refractivity contribution in [3.05, 3.63) is 82.5 Å². The van der Waals surface area contributed by atoms with Crippen LogP contribution in [0, 0.1) is 13.8 Å². The Morgan fingerprint density at radius 2 is 1.70 bits per heavy atom. The number of nitrogens with one attached hydrogen (secondary N) is 1. The highest BCUT2D eigenvalue weighted by Crippen LogP contribution is 2.43. The number of aryl methyl sites for hydroxylation is 2. The Hall–Kier alpha value is -2.88. The van der Waals surface area contributed by atoms with Crippen LogP contribution in [0.2, 0.25) is 0 Å². The molecule has 1 aliphatic heterocycles. The van der Waals surface area contributed by atoms with Gasteiger partial charge in [0.15, 0.2) is 5.78 Å². The lowest BCUT2D eigenvalue weighted by Gasteiger charge is -2.38. The lowest BCUT2D eigenvalue weighted by atomic mass is 9.71. The van der Waals surface area contributed by atoms with E-state index >= 15 is 0 Å². The van der Waals surface area contributed by atoms with Crippen molar-refractivity contribution >= 4 is 11.6 Å². The lowest BCUT2D eigenvalue weighted by Crippen LogP contribution is -2.38. The molecule has 0 unspecified atom stereocenters. The molecule has 33 heavy (non-hydrogen) atoms. The normalized spacial score (nSPS) is 17.3. The molecule has 1 atom stereocenters. The summed E-state index contributed by atoms with van der Waals surface area (Å²) < 4.78 is 2.04. The van der Waals surface area contributed by atoms with Gasteiger partial charge in [0, 0.05) is 11.8 Å². The molecule has 0 saturated heterocycles. The van der Waals surface area contributed by atoms with Crippen LogP contribution >= 0.6 is 0 Å². The summed E-state index contributed by atoms with van der Waals surface area (Å²) in [6.07, 6.45) is 3.25. The minimum absolute atomic E-state index is 0.149. The number of benzene rings is 2. The molecule has 2 heterocycles. The van der Waals surface area contributed by atoms with Gasteiger partial charge in [0.2, 0.25) is 0 Å². The van der Waals surface area contributed by atoms with Gasteiger partial charge in [-0.05, 0) is 58.1 Å². The van der Waals surface area contributed by atoms with Gasteiger partial charge in [-0.3, -0.25) is 4.79 Å². The fourth-order valence-corrected chi connectivity index (χ4v) is 5.43. The van der Waals surface area contributed by atoms with Crippen molar-refractivity contribution in [1.82, 2.24) is 9.78 Å². The molecule has 0 spiro atoms. The van der Waals surface area contributed by atoms with Crippen molar-refractivity contribution in [1.29, 1.82) is 0 Å². The molecule has 0 fully saturated rings. The fraction of sp³-hybridized carbons (Fsp3) is 0.448. The number of nitrogens with zero attached hydrogens (tertiary/aromatic N) is 2. The molecule has 1 aromatic heterocycles. The van der Waals surface area contributed by atoms with E-state index in [2.05, 4.69) is 88.5 Å². The molecular weight excluding hydrogens is 406 g/mol. The van der Waals surface area contributed by atoms with E-state index in [0.717, 1.165) is 36.3 Å². The number of aromatic nitrogens is 2. The van der Waals surface area contributed by atoms with E-state index in [1.807, 2.05) is 17.7 Å². The Balaban J connectivity index is 1.72. The van der Waals surface area contributed by atoms with Crippen LogP contribution in [0.25, 0.3) is 0 Å². The summed E-state index contributed by atoms with van der Waals surface area (Å²) in [5.74, 6) is 1.04. The van der Waals surface area contributed by atoms with E-state index in [0.29, 0.717) is 6.42 Å². The number of hydrogen-bond acceptors (Lipinski definition) is 3. The number of fused-ring (bicyclic) bond motifs is 1. The highest BCUT2D eigenvalue weighted by atomic mass is 16.1. The molecule has 1 aliphatic rings. The van der Waals surface area contributed by atoms with Gasteiger partial charge in [0.05, 0.1) is 22.8 Å². The van der Waals surface area contributed by atoms with Gasteiger partial charge < -0.3 is 5.32 Å². The average Bonchev–Trinajstić information content (AvgIpc) is 3.15. The van der Waals surface area contributed by atoms with E-state index in [9.17, 15) is 4.79 Å². The van der Waals surface area contributed by atoms with Gasteiger partial charge in [-0.1, -0.05) is 74.0 Å². The zero-order chi connectivity index (χ0) is 23.8. The van der Waals surface area contributed by atoms with Gasteiger partial charge in [-0.25, -0.2) is 4.68 Å². The van der Waals surface area contributed by atoms with Crippen LogP contribution in [0.5, 0.6) is 0 Å². The van der Waals surface area contributed by atoms with Crippen molar-refractivity contribution in [2.45, 2.75) is 84.2 Å². The Morgan fingerprint density at radius 3 is 2.30 bits per heavy atom. The second-order valence-corrected chi connectivity index (χ2v) is 10.3. The molecular formula is C29H37N3O. The van der Waals surface area contributed by atoms with E-state index in [1.54, 1.807) is 0 Å². The van der Waals surface area contributed by atoms with Crippen LogP contribution < -0.4 is 5.32 Å². The Bertz CT molecular complexity index is 1120. The third-order valence-corrected chi connectivity index (χ3v) is 7.65. The summed E-state index contributed by atoms with van der Waals surface area (Å²) in [6, 6.07) is 19.4. The predicted octanol–water partition coefficient (Wildman–Crippen LogP) is 7.12. The molecule has 4 nitrogen and oxygen atoms in total. The lowest BCUT2D eigenvalue weighted by molar-refractivity contribution is 0.0944. The molecule has 1 N–H and O–H groups in total. The minimum atomic E-state index is -0.187. The molecule has 2 aromatic carbocycles. The highest BCUT2D eigenvalue weighted by Gasteiger charge is 2.39. The molecule has 4 heteroatoms. The number of hydrogen-bond donors (Lipinski definition) is 1. The molecule has 0 aliphatic carbocycles. The third-order valence-electron chi connectivity index (χ3n) is 7.65. The number of anilines is 1. The van der Waals surface area contributed by atoms with Gasteiger partial charge in [-0.15, -0.1) is 0 Å². The summed E-state index contributed by atoms with van der Waals surface area (Å²) in [5.41, 5.74) is 4.94. The topological polar surface area (TPSA) is 46.9 Å². The van der Waals surface area contributed by atoms with E-state index in [4.69, 9.17) is 5.10 Å². The second kappa shape index (κ2) is 8.81. The first kappa shape index (κ1) is 23.3. The highest BCUT2D eigenvalue weighted by molar-refractivity contribution is 6.02. The van der Waals surface area contributed by atoms with Crippen LogP contribution in [-0.4, -0.2) is 15.6 Å². The first-order valence-electron chi connectivity index (χ1n) is 12.2. The van der Waals surface area contributed by atoms with E-state index in [-0.39, 0.29) is 22.8 Å². The van der Waals surface area contributed by atoms with Crippen molar-refractivity contribution in [3.63, 3.8) is 0 Å². The summed E-state index contributed by atoms with van der Waals surface area (Å²) in [6.45, 7) is 12.9. The van der Waals surface area contributed by atoms with Crippen LogP contribution in [0.4, 0.5) is 5.82 Å². The predicted molar refractivity (Wildman–Crippen MR) is 136 cm³/mol. The number of rotatable bonds is 7. The van der Waals surface area contributed by atoms with Crippen LogP contribution in [0.15, 0.2) is 54.6 Å². The van der Waals surface area contributed by atoms with Gasteiger partial charge in [-0.2, -0.15) is 5.10 Å². The van der Waals surface area contributed by atoms with Crippen LogP contribution in [-0.2, 0) is 11.0 Å². The van der Waals surface area contributed by atoms with Crippen molar-refractivity contribution < 1.29 is 4.79 Å². The SMILES string of the molecule is CCC(CC)(CC(=O)c1c(C)nn2c1N[C@H](c1ccccc1)CC2(C)C)c1ccc(C)cc1. The van der Waals surface area contributed by atoms with Gasteiger partial charge >= 0.3 is 0 Å². The van der Waals surface area contributed by atoms with Crippen molar-refractivity contribution in [2.75, 3.05) is 5.32 Å². The maximum Gasteiger partial charge on any atom is 0.169 e. The minimum Gasteiger partial charge on any atom is -0.363 e. The Kier molecular flexibility index (Phi) is 6.22. The molecule has 0 amide bonds. The first-order valence-corrected chi connectivity index (χ1v) is 12.2. The zero-order valence-corrected chi connectivity index (χ0v) is 20.9. The smallest absolute Gasteiger partial charge is 0.169 e. The maximum atomic E-state index is 13.9. The van der Waals surface area contributed by atoms with E-state index < -0.39 is 0 Å². The summed E-state index contributed by atoms with van der Waals surface area (Å²) >= 11 is 0. The average molecular weight is 444 g/mol. The number of ketones is 1. The van der Waals surface area contributed by atoms with Gasteiger partial charge in [0.1, 0.15) is 5.82 Å². The standard InChI is InChI=1S/C29H37N3O/c1-7-29(8-2,23-16-14-20(3)15-17-23)19-25(33)26-21(4)31-32-27(26)30-24(18-28(32,5)6)22-12-10-9-11-13-22/h9-17,24,30H,7-8,18-19H2,1-6H3/t24-/m0/s1. The molecule has 174 valence electrons. The Morgan fingerprint density at radius 1 is 1.06 bits per heavy atom. The Labute approximate surface area is 198 Å². The quantitative estimate of drug-likeness (QED) is 0.395. The van der Waals surface area contributed by atoms with Crippen LogP contribution in [0.1, 0.15) is 92.2 Å². The zero-order valence-electron chi connectivity index (χ0n) is 20.9. The number of carbonyl (C=O) groups is 1. The van der Waals surface area contributed by atoms with E-state index in [1.165, 1.54) is 16.7 Å². The largest absolute Gasteiger partial charge is 0.363 e. The van der Waals surface area contributed by atoms with Crippen LogP contribution in [0.3, 0.4) is 0 Å². The third kappa shape index (κ3) is 4.23. The second-order valence-electron chi connectivity index (χ2n) is 10.3. The monoisotopic (exact) mass is 443 g/mol. The number of carbonyl (C=O) groups excluding carboxylic acids is 1. The van der Waals surface area contributed by atoms with Gasteiger partial charge in [0.25, 0.3) is 0 Å². The van der Waals surface area contributed by atoms with Crippen molar-refractivity contribution in [3.8, 4) is 0 Å². The molecule has 4 rings (SSSR count). The molecule has 0 bridgehead atoms. The molecule has 3 aromatic rings. The molecule has 0 radical (unpaired) electrons. The summed E-state index contributed by atoms with van der Waals surface area (Å²) in [7, 11) is 0. The fourth-order valence-electron chi connectivity index (χ4n) is 5.43. The van der Waals surface area contributed by atoms with Crippen molar-refractivity contribution in [2.24, 2.45) is 0 Å². The first-order chi connectivity index (χ1) is 15.7. The maximum absolute atomic E-state index is 13.9. The number of Topliss-reactive ketones (excluding diaryl/α,β-unsaturated/α-hetero) is 1. The summed E-state index contributed by atoms with van der Waals surface area (Å²) in [5, 5.41) is 8.54. The summed E-state index contributed by atoms with van der Waals surface area (Å²) in [4.78, 5) is 13.9. The molecule has 0 saturated carbocycles.